The van der Waals surface area contributed by atoms with Gasteiger partial charge in [-0.3, -0.25) is 9.80 Å². The van der Waals surface area contributed by atoms with Crippen LogP contribution in [0.25, 0.3) is 0 Å². The van der Waals surface area contributed by atoms with E-state index in [-0.39, 0.29) is 5.97 Å². The Morgan fingerprint density at radius 1 is 1.14 bits per heavy atom. The van der Waals surface area contributed by atoms with Crippen LogP contribution in [0.5, 0.6) is 0 Å². The highest BCUT2D eigenvalue weighted by Gasteiger charge is 2.56. The van der Waals surface area contributed by atoms with Gasteiger partial charge in [-0.2, -0.15) is 0 Å². The monoisotopic (exact) mass is 296 g/mol. The van der Waals surface area contributed by atoms with Crippen molar-refractivity contribution in [1.82, 2.24) is 9.80 Å². The van der Waals surface area contributed by atoms with Crippen molar-refractivity contribution in [3.63, 3.8) is 0 Å². The summed E-state index contributed by atoms with van der Waals surface area (Å²) >= 11 is 0. The van der Waals surface area contributed by atoms with E-state index >= 15 is 0 Å². The van der Waals surface area contributed by atoms with Gasteiger partial charge in [-0.1, -0.05) is 0 Å². The van der Waals surface area contributed by atoms with Gasteiger partial charge in [0.1, 0.15) is 11.6 Å². The summed E-state index contributed by atoms with van der Waals surface area (Å²) in [6, 6.07) is 0.422. The van der Waals surface area contributed by atoms with Crippen LogP contribution in [0.3, 0.4) is 0 Å². The summed E-state index contributed by atoms with van der Waals surface area (Å²) in [6.07, 6.45) is 1.94. The predicted molar refractivity (Wildman–Crippen MR) is 75.8 cm³/mol. The second-order valence-electron chi connectivity index (χ2n) is 7.32. The van der Waals surface area contributed by atoms with E-state index in [4.69, 9.17) is 9.47 Å². The Morgan fingerprint density at radius 3 is 2.48 bits per heavy atom. The zero-order valence-electron chi connectivity index (χ0n) is 13.2. The van der Waals surface area contributed by atoms with Gasteiger partial charge in [-0.15, -0.1) is 0 Å². The van der Waals surface area contributed by atoms with Gasteiger partial charge < -0.3 is 9.47 Å². The molecule has 0 unspecified atom stereocenters. The molecule has 1 saturated carbocycles. The molecule has 0 aromatic rings. The predicted octanol–water partition coefficient (Wildman–Crippen LogP) is 1.24. The number of fused-ring (bicyclic) bond motifs is 3. The zero-order valence-corrected chi connectivity index (χ0v) is 13.2. The van der Waals surface area contributed by atoms with Gasteiger partial charge >= 0.3 is 12.1 Å². The SMILES string of the molecule is COC(=O)[C@H]1CN2[C@H](C[C@H]3C[C@H]32)CN1C(=O)OC(C)(C)C. The Labute approximate surface area is 125 Å². The standard InChI is InChI=1S/C15H24N2O4/c1-15(2,3)21-14(19)17-7-10-5-9-6-11(9)16(10)8-12(17)13(18)20-4/h9-12H,5-8H2,1-4H3/t9-,10+,11+,12+/m0/s1. The van der Waals surface area contributed by atoms with Crippen LogP contribution in [0, 0.1) is 5.92 Å². The van der Waals surface area contributed by atoms with Crippen LogP contribution < -0.4 is 0 Å². The molecule has 118 valence electrons. The molecule has 1 aliphatic carbocycles. The Hall–Kier alpha value is -1.30. The zero-order chi connectivity index (χ0) is 15.4. The van der Waals surface area contributed by atoms with Gasteiger partial charge in [0, 0.05) is 25.2 Å². The van der Waals surface area contributed by atoms with Crippen molar-refractivity contribution in [1.29, 1.82) is 0 Å². The molecule has 21 heavy (non-hydrogen) atoms. The summed E-state index contributed by atoms with van der Waals surface area (Å²) in [6.45, 7) is 6.62. The van der Waals surface area contributed by atoms with Crippen LogP contribution >= 0.6 is 0 Å². The Morgan fingerprint density at radius 2 is 1.86 bits per heavy atom. The van der Waals surface area contributed by atoms with Gasteiger partial charge in [-0.05, 0) is 39.5 Å². The van der Waals surface area contributed by atoms with Crippen LogP contribution in [0.2, 0.25) is 0 Å². The molecule has 0 bridgehead atoms. The second-order valence-corrected chi connectivity index (χ2v) is 7.32. The van der Waals surface area contributed by atoms with E-state index in [2.05, 4.69) is 4.90 Å². The van der Waals surface area contributed by atoms with Crippen LogP contribution in [0.4, 0.5) is 4.79 Å². The van der Waals surface area contributed by atoms with Crippen LogP contribution in [-0.2, 0) is 14.3 Å². The number of nitrogens with zero attached hydrogens (tertiary/aromatic N) is 2. The topological polar surface area (TPSA) is 59.1 Å². The van der Waals surface area contributed by atoms with Gasteiger partial charge in [0.15, 0.2) is 0 Å². The molecule has 2 aliphatic heterocycles. The first-order valence-electron chi connectivity index (χ1n) is 7.63. The maximum Gasteiger partial charge on any atom is 0.411 e. The molecule has 0 aromatic carbocycles. The quantitative estimate of drug-likeness (QED) is 0.681. The molecule has 1 amide bonds. The Kier molecular flexibility index (Phi) is 3.39. The number of esters is 1. The van der Waals surface area contributed by atoms with E-state index in [9.17, 15) is 9.59 Å². The molecule has 0 N–H and O–H groups in total. The van der Waals surface area contributed by atoms with Crippen molar-refractivity contribution in [2.45, 2.75) is 57.3 Å². The number of piperazine rings is 1. The lowest BCUT2D eigenvalue weighted by Crippen LogP contribution is -2.62. The lowest BCUT2D eigenvalue weighted by molar-refractivity contribution is -0.150. The molecule has 2 saturated heterocycles. The summed E-state index contributed by atoms with van der Waals surface area (Å²) < 4.78 is 10.3. The van der Waals surface area contributed by atoms with Crippen molar-refractivity contribution >= 4 is 12.1 Å². The number of amides is 1. The summed E-state index contributed by atoms with van der Waals surface area (Å²) in [5, 5.41) is 0. The van der Waals surface area contributed by atoms with Crippen molar-refractivity contribution in [3.8, 4) is 0 Å². The number of hydrogen-bond donors (Lipinski definition) is 0. The third-order valence-corrected chi connectivity index (χ3v) is 4.62. The highest BCUT2D eigenvalue weighted by atomic mass is 16.6. The first-order valence-corrected chi connectivity index (χ1v) is 7.63. The van der Waals surface area contributed by atoms with Crippen molar-refractivity contribution in [2.24, 2.45) is 5.92 Å². The minimum atomic E-state index is -0.563. The van der Waals surface area contributed by atoms with E-state index in [0.29, 0.717) is 25.2 Å². The number of ether oxygens (including phenoxy) is 2. The first kappa shape index (κ1) is 14.6. The molecule has 3 rings (SSSR count). The van der Waals surface area contributed by atoms with Gasteiger partial charge in [0.25, 0.3) is 0 Å². The van der Waals surface area contributed by atoms with Gasteiger partial charge in [0.2, 0.25) is 0 Å². The number of carbonyl (C=O) groups is 2. The largest absolute Gasteiger partial charge is 0.467 e. The van der Waals surface area contributed by atoms with Crippen LogP contribution in [0.15, 0.2) is 0 Å². The van der Waals surface area contributed by atoms with Crippen molar-refractivity contribution in [3.05, 3.63) is 0 Å². The normalized spacial score (nSPS) is 35.0. The summed E-state index contributed by atoms with van der Waals surface area (Å²) in [7, 11) is 1.37. The average Bonchev–Trinajstić information content (AvgIpc) is 3.07. The number of hydrogen-bond acceptors (Lipinski definition) is 5. The molecule has 6 nitrogen and oxygen atoms in total. The molecule has 3 fully saturated rings. The minimum Gasteiger partial charge on any atom is -0.467 e. The molecule has 6 heteroatoms. The fraction of sp³-hybridized carbons (Fsp3) is 0.867. The molecule has 3 aliphatic rings. The number of piperidine rings is 1. The van der Waals surface area contributed by atoms with E-state index in [1.807, 2.05) is 20.8 Å². The molecule has 0 spiro atoms. The number of carbonyl (C=O) groups excluding carboxylic acids is 2. The molecule has 0 aromatic heterocycles. The highest BCUT2D eigenvalue weighted by Crippen LogP contribution is 2.49. The summed E-state index contributed by atoms with van der Waals surface area (Å²) in [4.78, 5) is 28.4. The van der Waals surface area contributed by atoms with Crippen LogP contribution in [-0.4, -0.2) is 65.8 Å². The molecular weight excluding hydrogens is 272 g/mol. The van der Waals surface area contributed by atoms with Crippen LogP contribution in [0.1, 0.15) is 33.6 Å². The summed E-state index contributed by atoms with van der Waals surface area (Å²) in [5.74, 6) is 0.398. The number of methoxy groups -OCH3 is 1. The van der Waals surface area contributed by atoms with E-state index in [0.717, 1.165) is 12.3 Å². The fourth-order valence-corrected chi connectivity index (χ4v) is 3.62. The van der Waals surface area contributed by atoms with E-state index in [1.165, 1.54) is 13.5 Å². The minimum absolute atomic E-state index is 0.358. The molecule has 2 heterocycles. The fourth-order valence-electron chi connectivity index (χ4n) is 3.62. The third-order valence-electron chi connectivity index (χ3n) is 4.62. The van der Waals surface area contributed by atoms with Crippen molar-refractivity contribution < 1.29 is 19.1 Å². The average molecular weight is 296 g/mol. The number of rotatable bonds is 1. The maximum atomic E-state index is 12.4. The highest BCUT2D eigenvalue weighted by molar-refractivity contribution is 5.82. The first-order chi connectivity index (χ1) is 9.80. The lowest BCUT2D eigenvalue weighted by atomic mass is 10.1. The Balaban J connectivity index is 1.76. The van der Waals surface area contributed by atoms with Gasteiger partial charge in [0.05, 0.1) is 7.11 Å². The van der Waals surface area contributed by atoms with E-state index in [1.54, 1.807) is 4.90 Å². The second kappa shape index (κ2) is 4.87. The van der Waals surface area contributed by atoms with Gasteiger partial charge in [-0.25, -0.2) is 9.59 Å². The Bertz CT molecular complexity index is 459. The maximum absolute atomic E-state index is 12.4. The summed E-state index contributed by atoms with van der Waals surface area (Å²) in [5.41, 5.74) is -0.563. The smallest absolute Gasteiger partial charge is 0.411 e. The van der Waals surface area contributed by atoms with Crippen molar-refractivity contribution in [2.75, 3.05) is 20.2 Å². The molecular formula is C15H24N2O4. The molecule has 4 atom stereocenters. The molecule has 0 radical (unpaired) electrons. The van der Waals surface area contributed by atoms with E-state index < -0.39 is 17.7 Å². The third kappa shape index (κ3) is 2.73. The lowest BCUT2D eigenvalue weighted by Gasteiger charge is -2.43.